The molecule has 7 nitrogen and oxygen atoms in total. The van der Waals surface area contributed by atoms with Crippen molar-refractivity contribution in [3.8, 4) is 5.82 Å². The van der Waals surface area contributed by atoms with Gasteiger partial charge >= 0.3 is 6.18 Å². The molecule has 32 heavy (non-hydrogen) atoms. The first-order chi connectivity index (χ1) is 15.2. The molecule has 1 saturated heterocycles. The van der Waals surface area contributed by atoms with Crippen LogP contribution in [-0.2, 0) is 6.18 Å². The Morgan fingerprint density at radius 1 is 1.00 bits per heavy atom. The van der Waals surface area contributed by atoms with E-state index in [-0.39, 0.29) is 17.6 Å². The Morgan fingerprint density at radius 3 is 2.25 bits per heavy atom. The summed E-state index contributed by atoms with van der Waals surface area (Å²) in [6, 6.07) is 5.86. The third kappa shape index (κ3) is 4.44. The summed E-state index contributed by atoms with van der Waals surface area (Å²) in [5, 5.41) is 7.04. The number of hydrogen-bond acceptors (Lipinski definition) is 5. The molecule has 0 aromatic carbocycles. The van der Waals surface area contributed by atoms with Gasteiger partial charge in [0.05, 0.1) is 34.9 Å². The molecule has 0 unspecified atom stereocenters. The smallest absolute Gasteiger partial charge is 0.357 e. The number of carbonyl (C=O) groups is 1. The number of anilines is 2. The van der Waals surface area contributed by atoms with E-state index in [1.807, 2.05) is 19.9 Å². The van der Waals surface area contributed by atoms with Gasteiger partial charge in [-0.15, -0.1) is 0 Å². The molecule has 1 amide bonds. The van der Waals surface area contributed by atoms with Gasteiger partial charge in [0.25, 0.3) is 5.91 Å². The van der Waals surface area contributed by atoms with Gasteiger partial charge < -0.3 is 10.2 Å². The lowest BCUT2D eigenvalue weighted by atomic mass is 10.1. The second-order valence-electron chi connectivity index (χ2n) is 7.97. The average Bonchev–Trinajstić information content (AvgIpc) is 3.44. The second-order valence-corrected chi connectivity index (χ2v) is 7.97. The van der Waals surface area contributed by atoms with Crippen molar-refractivity contribution in [1.29, 1.82) is 0 Å². The molecule has 0 bridgehead atoms. The first-order valence-electron chi connectivity index (χ1n) is 10.4. The minimum atomic E-state index is -4.47. The average molecular weight is 444 g/mol. The van der Waals surface area contributed by atoms with E-state index >= 15 is 0 Å². The van der Waals surface area contributed by atoms with E-state index in [0.717, 1.165) is 44.0 Å². The Hall–Kier alpha value is -3.43. The highest BCUT2D eigenvalue weighted by Crippen LogP contribution is 2.30. The molecule has 0 spiro atoms. The summed E-state index contributed by atoms with van der Waals surface area (Å²) in [6.45, 7) is 5.71. The number of pyridine rings is 2. The zero-order chi connectivity index (χ0) is 22.9. The number of carbonyl (C=O) groups excluding carboxylic acids is 1. The van der Waals surface area contributed by atoms with Crippen LogP contribution in [0, 0.1) is 0 Å². The molecule has 1 fully saturated rings. The molecule has 0 atom stereocenters. The lowest BCUT2D eigenvalue weighted by molar-refractivity contribution is -0.137. The highest BCUT2D eigenvalue weighted by atomic mass is 19.4. The van der Waals surface area contributed by atoms with Crippen LogP contribution in [0.5, 0.6) is 0 Å². The number of alkyl halides is 3. The minimum Gasteiger partial charge on any atom is -0.357 e. The summed E-state index contributed by atoms with van der Waals surface area (Å²) in [7, 11) is 0. The molecule has 1 aliphatic heterocycles. The van der Waals surface area contributed by atoms with Crippen LogP contribution in [0.3, 0.4) is 0 Å². The van der Waals surface area contributed by atoms with Gasteiger partial charge in [0.1, 0.15) is 5.82 Å². The highest BCUT2D eigenvalue weighted by molar-refractivity contribution is 6.05. The molecule has 1 aliphatic rings. The van der Waals surface area contributed by atoms with E-state index in [2.05, 4.69) is 25.3 Å². The minimum absolute atomic E-state index is 0.127. The van der Waals surface area contributed by atoms with Crippen molar-refractivity contribution in [2.75, 3.05) is 23.3 Å². The van der Waals surface area contributed by atoms with Crippen LogP contribution in [0.15, 0.2) is 42.9 Å². The van der Waals surface area contributed by atoms with Crippen LogP contribution >= 0.6 is 0 Å². The van der Waals surface area contributed by atoms with Crippen LogP contribution in [0.2, 0.25) is 0 Å². The Balaban J connectivity index is 1.56. The lowest BCUT2D eigenvalue weighted by Crippen LogP contribution is -2.19. The van der Waals surface area contributed by atoms with E-state index in [4.69, 9.17) is 0 Å². The SMILES string of the molecule is CC(C)c1c(C(=O)Nc2ccc(N3CCCC3)nc2)cnn1-c1ccc(C(F)(F)F)cn1. The van der Waals surface area contributed by atoms with Gasteiger partial charge in [-0.3, -0.25) is 4.79 Å². The van der Waals surface area contributed by atoms with Crippen molar-refractivity contribution in [2.24, 2.45) is 0 Å². The van der Waals surface area contributed by atoms with E-state index in [9.17, 15) is 18.0 Å². The Labute approximate surface area is 183 Å². The summed E-state index contributed by atoms with van der Waals surface area (Å²) < 4.78 is 39.9. The lowest BCUT2D eigenvalue weighted by Gasteiger charge is -2.16. The second kappa shape index (κ2) is 8.60. The molecule has 1 N–H and O–H groups in total. The quantitative estimate of drug-likeness (QED) is 0.620. The summed E-state index contributed by atoms with van der Waals surface area (Å²) >= 11 is 0. The highest BCUT2D eigenvalue weighted by Gasteiger charge is 2.31. The third-order valence-corrected chi connectivity index (χ3v) is 5.33. The molecule has 3 aromatic rings. The van der Waals surface area contributed by atoms with Gasteiger partial charge in [-0.2, -0.15) is 18.3 Å². The number of aromatic nitrogens is 4. The molecule has 3 aromatic heterocycles. The molecule has 4 heterocycles. The van der Waals surface area contributed by atoms with Crippen molar-refractivity contribution in [3.63, 3.8) is 0 Å². The van der Waals surface area contributed by atoms with E-state index in [0.29, 0.717) is 16.9 Å². The van der Waals surface area contributed by atoms with Gasteiger partial charge in [-0.25, -0.2) is 14.6 Å². The maximum Gasteiger partial charge on any atom is 0.417 e. The van der Waals surface area contributed by atoms with Gasteiger partial charge in [-0.05, 0) is 43.0 Å². The normalized spacial score (nSPS) is 14.2. The van der Waals surface area contributed by atoms with Crippen LogP contribution in [0.25, 0.3) is 5.82 Å². The van der Waals surface area contributed by atoms with Crippen molar-refractivity contribution in [1.82, 2.24) is 19.7 Å². The molecule has 10 heteroatoms. The number of nitrogens with one attached hydrogen (secondary N) is 1. The van der Waals surface area contributed by atoms with Crippen molar-refractivity contribution in [3.05, 3.63) is 59.7 Å². The maximum absolute atomic E-state index is 12.9. The van der Waals surface area contributed by atoms with Gasteiger partial charge in [0.15, 0.2) is 5.82 Å². The predicted octanol–water partition coefficient (Wildman–Crippen LogP) is 4.66. The summed E-state index contributed by atoms with van der Waals surface area (Å²) in [5.41, 5.74) is 0.581. The van der Waals surface area contributed by atoms with Gasteiger partial charge in [0, 0.05) is 19.3 Å². The first-order valence-corrected chi connectivity index (χ1v) is 10.4. The summed E-state index contributed by atoms with van der Waals surface area (Å²) in [5.74, 6) is 0.586. The van der Waals surface area contributed by atoms with Gasteiger partial charge in [0.2, 0.25) is 0 Å². The standard InChI is InChI=1S/C22H23F3N6O/c1-14(2)20-17(13-28-31(20)19-7-5-15(11-26-19)22(23,24)25)21(32)29-16-6-8-18(27-12-16)30-9-3-4-10-30/h5-8,11-14H,3-4,9-10H2,1-2H3,(H,29,32). The van der Waals surface area contributed by atoms with Crippen molar-refractivity contribution in [2.45, 2.75) is 38.8 Å². The fourth-order valence-electron chi connectivity index (χ4n) is 3.74. The first kappa shape index (κ1) is 21.8. The Morgan fingerprint density at radius 2 is 1.69 bits per heavy atom. The van der Waals surface area contributed by atoms with Crippen LogP contribution in [0.1, 0.15) is 54.2 Å². The topological polar surface area (TPSA) is 75.9 Å². The van der Waals surface area contributed by atoms with Crippen molar-refractivity contribution < 1.29 is 18.0 Å². The van der Waals surface area contributed by atoms with E-state index in [1.54, 1.807) is 12.3 Å². The number of rotatable bonds is 5. The summed E-state index contributed by atoms with van der Waals surface area (Å²) in [6.07, 6.45) is 1.60. The maximum atomic E-state index is 12.9. The van der Waals surface area contributed by atoms with E-state index in [1.165, 1.54) is 16.9 Å². The van der Waals surface area contributed by atoms with Gasteiger partial charge in [-0.1, -0.05) is 13.8 Å². The monoisotopic (exact) mass is 444 g/mol. The molecular formula is C22H23F3N6O. The molecule has 0 aliphatic carbocycles. The van der Waals surface area contributed by atoms with E-state index < -0.39 is 11.7 Å². The number of hydrogen-bond donors (Lipinski definition) is 1. The Bertz CT molecular complexity index is 1080. The van der Waals surface area contributed by atoms with Crippen LogP contribution < -0.4 is 10.2 Å². The molecule has 0 radical (unpaired) electrons. The zero-order valence-electron chi connectivity index (χ0n) is 17.7. The third-order valence-electron chi connectivity index (χ3n) is 5.33. The molecule has 4 rings (SSSR count). The number of amides is 1. The fourth-order valence-corrected chi connectivity index (χ4v) is 3.74. The predicted molar refractivity (Wildman–Crippen MR) is 114 cm³/mol. The van der Waals surface area contributed by atoms with Crippen LogP contribution in [0.4, 0.5) is 24.7 Å². The number of nitrogens with zero attached hydrogens (tertiary/aromatic N) is 5. The molecule has 168 valence electrons. The van der Waals surface area contributed by atoms with Crippen LogP contribution in [-0.4, -0.2) is 38.7 Å². The fraction of sp³-hybridized carbons (Fsp3) is 0.364. The zero-order valence-corrected chi connectivity index (χ0v) is 17.7. The Kier molecular flexibility index (Phi) is 5.86. The summed E-state index contributed by atoms with van der Waals surface area (Å²) in [4.78, 5) is 23.5. The molecule has 0 saturated carbocycles. The van der Waals surface area contributed by atoms with Crippen molar-refractivity contribution >= 4 is 17.4 Å². The largest absolute Gasteiger partial charge is 0.417 e. The number of halogens is 3. The molecular weight excluding hydrogens is 421 g/mol.